The van der Waals surface area contributed by atoms with Crippen molar-refractivity contribution < 1.29 is 51.7 Å². The minimum atomic E-state index is -4.30. The highest BCUT2D eigenvalue weighted by Crippen LogP contribution is 2.48. The summed E-state index contributed by atoms with van der Waals surface area (Å²) in [5, 5.41) is 3.54. The van der Waals surface area contributed by atoms with E-state index in [1.807, 2.05) is 0 Å². The van der Waals surface area contributed by atoms with Gasteiger partial charge in [-0.05, 0) is 65.0 Å². The number of hydrogen-bond acceptors (Lipinski definition) is 15. The Kier molecular flexibility index (Phi) is 13.0. The van der Waals surface area contributed by atoms with Crippen LogP contribution in [0, 0.1) is 0 Å². The van der Waals surface area contributed by atoms with Crippen molar-refractivity contribution >= 4 is 54.4 Å². The van der Waals surface area contributed by atoms with Gasteiger partial charge in [-0.2, -0.15) is 9.97 Å². The fourth-order valence-electron chi connectivity index (χ4n) is 5.08. The van der Waals surface area contributed by atoms with Crippen LogP contribution >= 0.6 is 19.2 Å². The van der Waals surface area contributed by atoms with Crippen molar-refractivity contribution in [1.82, 2.24) is 24.4 Å². The molecule has 0 aromatic carbocycles. The second-order valence-electron chi connectivity index (χ2n) is 11.7. The SMILES string of the molecule is CC(C)OC(=O)OCOP(=O)(CC(=O)N(C)C[C@@H]1CC[C@H](n2cnc3c(NC4CCCC4)nc(Cl)nc32)O1)OCOC(=O)OC(C)C. The molecule has 47 heavy (non-hydrogen) atoms. The zero-order valence-corrected chi connectivity index (χ0v) is 28.7. The van der Waals surface area contributed by atoms with Crippen LogP contribution in [-0.2, 0) is 42.1 Å². The summed E-state index contributed by atoms with van der Waals surface area (Å²) < 4.78 is 51.0. The number of nitrogens with zero attached hydrogens (tertiary/aromatic N) is 5. The van der Waals surface area contributed by atoms with Gasteiger partial charge in [-0.1, -0.05) is 12.8 Å². The molecule has 262 valence electrons. The van der Waals surface area contributed by atoms with Crippen LogP contribution in [0.15, 0.2) is 6.33 Å². The molecule has 2 fully saturated rings. The van der Waals surface area contributed by atoms with E-state index in [0.29, 0.717) is 35.9 Å². The molecule has 2 aromatic heterocycles. The Morgan fingerprint density at radius 3 is 2.23 bits per heavy atom. The van der Waals surface area contributed by atoms with Gasteiger partial charge < -0.3 is 33.9 Å². The van der Waals surface area contributed by atoms with Crippen LogP contribution in [0.4, 0.5) is 15.4 Å². The number of carbonyl (C=O) groups is 3. The number of ether oxygens (including phenoxy) is 5. The summed E-state index contributed by atoms with van der Waals surface area (Å²) >= 11 is 6.27. The minimum Gasteiger partial charge on any atom is -0.432 e. The number of nitrogens with one attached hydrogen (secondary N) is 1. The average Bonchev–Trinajstić information content (AvgIpc) is 3.74. The van der Waals surface area contributed by atoms with Crippen LogP contribution in [0.3, 0.4) is 0 Å². The highest BCUT2D eigenvalue weighted by Gasteiger charge is 2.35. The summed E-state index contributed by atoms with van der Waals surface area (Å²) in [6, 6.07) is 0.309. The summed E-state index contributed by atoms with van der Waals surface area (Å²) in [5.74, 6) is -0.0334. The van der Waals surface area contributed by atoms with Crippen molar-refractivity contribution in [1.29, 1.82) is 0 Å². The maximum atomic E-state index is 13.4. The standard InChI is InChI=1S/C28H42ClN6O11P/c1-17(2)44-27(37)40-15-42-47(39,43-16-41-28(38)45-18(3)4)13-21(36)34(5)12-20-10-11-22(46-20)35-14-30-23-24(31-19-8-6-7-9-19)32-26(29)33-25(23)35/h14,17-20,22H,6-13,15-16H2,1-5H3,(H,31,32,33)/t20-,22+/m0/s1. The van der Waals surface area contributed by atoms with Crippen LogP contribution in [0.25, 0.3) is 11.2 Å². The second kappa shape index (κ2) is 16.7. The Hall–Kier alpha value is -3.24. The van der Waals surface area contributed by atoms with E-state index in [0.717, 1.165) is 25.7 Å². The number of fused-ring (bicyclic) bond motifs is 1. The Morgan fingerprint density at radius 1 is 1.02 bits per heavy atom. The molecule has 2 aromatic rings. The number of hydrogen-bond donors (Lipinski definition) is 1. The third-order valence-electron chi connectivity index (χ3n) is 7.23. The van der Waals surface area contributed by atoms with E-state index in [4.69, 9.17) is 44.3 Å². The molecule has 1 aliphatic heterocycles. The van der Waals surface area contributed by atoms with Crippen molar-refractivity contribution in [2.45, 2.75) is 96.8 Å². The molecule has 3 heterocycles. The Labute approximate surface area is 277 Å². The molecule has 1 aliphatic carbocycles. The minimum absolute atomic E-state index is 0.0953. The molecule has 2 atom stereocenters. The zero-order valence-electron chi connectivity index (χ0n) is 27.1. The molecule has 4 rings (SSSR count). The number of carbonyl (C=O) groups excluding carboxylic acids is 3. The van der Waals surface area contributed by atoms with Gasteiger partial charge >= 0.3 is 19.9 Å². The molecule has 1 N–H and O–H groups in total. The van der Waals surface area contributed by atoms with Gasteiger partial charge in [0.1, 0.15) is 12.4 Å². The van der Waals surface area contributed by atoms with Gasteiger partial charge in [-0.25, -0.2) is 14.6 Å². The van der Waals surface area contributed by atoms with Gasteiger partial charge in [0.2, 0.25) is 24.8 Å². The normalized spacial score (nSPS) is 18.6. The lowest BCUT2D eigenvalue weighted by Gasteiger charge is -2.24. The first-order valence-electron chi connectivity index (χ1n) is 15.4. The molecular formula is C28H42ClN6O11P. The third kappa shape index (κ3) is 10.9. The van der Waals surface area contributed by atoms with Crippen LogP contribution in [0.2, 0.25) is 5.28 Å². The Balaban J connectivity index is 1.34. The Morgan fingerprint density at radius 2 is 1.64 bits per heavy atom. The monoisotopic (exact) mass is 704 g/mol. The molecule has 2 aliphatic rings. The number of imidazole rings is 1. The van der Waals surface area contributed by atoms with Gasteiger partial charge in [0.05, 0.1) is 24.6 Å². The molecule has 17 nitrogen and oxygen atoms in total. The van der Waals surface area contributed by atoms with Crippen molar-refractivity contribution in [3.05, 3.63) is 11.6 Å². The Bertz CT molecular complexity index is 1410. The first kappa shape index (κ1) is 36.6. The molecule has 0 unspecified atom stereocenters. The largest absolute Gasteiger partial charge is 0.510 e. The lowest BCUT2D eigenvalue weighted by molar-refractivity contribution is -0.129. The number of halogens is 1. The average molecular weight is 705 g/mol. The number of rotatable bonds is 15. The van der Waals surface area contributed by atoms with Crippen molar-refractivity contribution in [3.8, 4) is 0 Å². The molecule has 0 radical (unpaired) electrons. The number of aromatic nitrogens is 4. The smallest absolute Gasteiger partial charge is 0.432 e. The molecule has 1 amide bonds. The lowest BCUT2D eigenvalue weighted by Crippen LogP contribution is -2.36. The highest BCUT2D eigenvalue weighted by atomic mass is 35.5. The van der Waals surface area contributed by atoms with Gasteiger partial charge in [0, 0.05) is 19.6 Å². The number of anilines is 1. The summed E-state index contributed by atoms with van der Waals surface area (Å²) in [4.78, 5) is 51.2. The molecule has 19 heteroatoms. The molecule has 1 saturated heterocycles. The van der Waals surface area contributed by atoms with Crippen LogP contribution in [0.5, 0.6) is 0 Å². The van der Waals surface area contributed by atoms with Crippen LogP contribution in [-0.4, -0.2) is 100 Å². The topological polar surface area (TPSA) is 192 Å². The lowest BCUT2D eigenvalue weighted by atomic mass is 10.2. The fraction of sp³-hybridized carbons (Fsp3) is 0.714. The van der Waals surface area contributed by atoms with Crippen molar-refractivity contribution in [3.63, 3.8) is 0 Å². The van der Waals surface area contributed by atoms with Gasteiger partial charge in [0.25, 0.3) is 0 Å². The summed E-state index contributed by atoms with van der Waals surface area (Å²) in [5.41, 5.74) is 1.13. The number of likely N-dealkylation sites (N-methyl/N-ethyl adjacent to an activating group) is 1. The molecular weight excluding hydrogens is 663 g/mol. The van der Waals surface area contributed by atoms with Gasteiger partial charge in [-0.3, -0.25) is 23.0 Å². The van der Waals surface area contributed by atoms with E-state index in [2.05, 4.69) is 20.3 Å². The second-order valence-corrected chi connectivity index (χ2v) is 14.1. The quantitative estimate of drug-likeness (QED) is 0.109. The summed E-state index contributed by atoms with van der Waals surface area (Å²) in [6.45, 7) is 4.92. The molecule has 0 bridgehead atoms. The predicted molar refractivity (Wildman–Crippen MR) is 167 cm³/mol. The van der Waals surface area contributed by atoms with E-state index < -0.39 is 64.0 Å². The van der Waals surface area contributed by atoms with Crippen molar-refractivity contribution in [2.75, 3.05) is 38.7 Å². The first-order valence-corrected chi connectivity index (χ1v) is 17.5. The van der Waals surface area contributed by atoms with E-state index in [-0.39, 0.29) is 17.9 Å². The molecule has 1 saturated carbocycles. The van der Waals surface area contributed by atoms with Gasteiger partial charge in [0.15, 0.2) is 17.0 Å². The van der Waals surface area contributed by atoms with Crippen LogP contribution < -0.4 is 5.32 Å². The third-order valence-corrected chi connectivity index (χ3v) is 9.06. The maximum absolute atomic E-state index is 13.4. The highest BCUT2D eigenvalue weighted by molar-refractivity contribution is 7.54. The van der Waals surface area contributed by atoms with Crippen LogP contribution in [0.1, 0.15) is 72.4 Å². The van der Waals surface area contributed by atoms with E-state index in [1.165, 1.54) is 11.9 Å². The predicted octanol–water partition coefficient (Wildman–Crippen LogP) is 5.23. The van der Waals surface area contributed by atoms with Crippen molar-refractivity contribution in [2.24, 2.45) is 0 Å². The summed E-state index contributed by atoms with van der Waals surface area (Å²) in [7, 11) is -2.79. The van der Waals surface area contributed by atoms with E-state index in [1.54, 1.807) is 38.6 Å². The molecule has 0 spiro atoms. The van der Waals surface area contributed by atoms with Gasteiger partial charge in [-0.15, -0.1) is 0 Å². The fourth-order valence-corrected chi connectivity index (χ4v) is 6.50. The zero-order chi connectivity index (χ0) is 34.1. The number of amides is 1. The van der Waals surface area contributed by atoms with E-state index in [9.17, 15) is 18.9 Å². The first-order chi connectivity index (χ1) is 22.3. The maximum Gasteiger partial charge on any atom is 0.510 e. The van der Waals surface area contributed by atoms with E-state index >= 15 is 0 Å². The summed E-state index contributed by atoms with van der Waals surface area (Å²) in [6.07, 6.45) is 2.69.